The second-order valence-corrected chi connectivity index (χ2v) is 8.47. The van der Waals surface area contributed by atoms with E-state index in [1.165, 1.54) is 12.6 Å². The Morgan fingerprint density at radius 3 is 2.78 bits per heavy atom. The van der Waals surface area contributed by atoms with Gasteiger partial charge in [-0.05, 0) is 18.8 Å². The summed E-state index contributed by atoms with van der Waals surface area (Å²) in [6, 6.07) is 0. The van der Waals surface area contributed by atoms with Crippen LogP contribution in [-0.2, 0) is 4.79 Å². The molecule has 1 N–H and O–H groups in total. The van der Waals surface area contributed by atoms with Gasteiger partial charge in [0.25, 0.3) is 5.91 Å². The average Bonchev–Trinajstić information content (AvgIpc) is 3.22. The molecule has 7 heteroatoms. The molecule has 27 heavy (non-hydrogen) atoms. The van der Waals surface area contributed by atoms with E-state index < -0.39 is 0 Å². The minimum atomic E-state index is -0.148. The molecule has 3 atom stereocenters. The van der Waals surface area contributed by atoms with Crippen LogP contribution in [0.2, 0.25) is 0 Å². The van der Waals surface area contributed by atoms with Crippen molar-refractivity contribution in [1.82, 2.24) is 25.1 Å². The van der Waals surface area contributed by atoms with Gasteiger partial charge in [0, 0.05) is 56.6 Å². The molecule has 3 saturated heterocycles. The summed E-state index contributed by atoms with van der Waals surface area (Å²) in [5, 5.41) is 3.33. The topological polar surface area (TPSA) is 78.4 Å². The van der Waals surface area contributed by atoms with Crippen LogP contribution in [0.5, 0.6) is 0 Å². The van der Waals surface area contributed by atoms with Crippen LogP contribution in [0, 0.1) is 17.8 Å². The number of nitrogens with zero attached hydrogens (tertiary/aromatic N) is 4. The molecule has 7 nitrogen and oxygen atoms in total. The first-order chi connectivity index (χ1) is 13.0. The third-order valence-corrected chi connectivity index (χ3v) is 6.81. The lowest BCUT2D eigenvalue weighted by Crippen LogP contribution is -2.56. The first kappa shape index (κ1) is 18.3. The molecule has 146 valence electrons. The van der Waals surface area contributed by atoms with Gasteiger partial charge in [-0.1, -0.05) is 20.3 Å². The number of aromatic nitrogens is 2. The molecule has 1 unspecified atom stereocenters. The molecule has 0 aliphatic carbocycles. The minimum absolute atomic E-state index is 0.0661. The number of likely N-dealkylation sites (tertiary alicyclic amines) is 2. The smallest absolute Gasteiger partial charge is 0.274 e. The molecular formula is C20H29N5O2. The van der Waals surface area contributed by atoms with Crippen molar-refractivity contribution in [2.45, 2.75) is 38.6 Å². The highest BCUT2D eigenvalue weighted by atomic mass is 16.2. The van der Waals surface area contributed by atoms with E-state index in [-0.39, 0.29) is 23.3 Å². The fraction of sp³-hybridized carbons (Fsp3) is 0.700. The maximum atomic E-state index is 12.6. The summed E-state index contributed by atoms with van der Waals surface area (Å²) in [6.45, 7) is 8.76. The lowest BCUT2D eigenvalue weighted by molar-refractivity contribution is -0.123. The second kappa shape index (κ2) is 7.19. The van der Waals surface area contributed by atoms with Crippen LogP contribution in [0.15, 0.2) is 18.6 Å². The molecule has 0 radical (unpaired) electrons. The number of carbonyl (C=O) groups excluding carboxylic acids is 2. The summed E-state index contributed by atoms with van der Waals surface area (Å²) in [5.74, 6) is 1.28. The number of hydrogen-bond donors (Lipinski definition) is 1. The Morgan fingerprint density at radius 2 is 2.11 bits per heavy atom. The van der Waals surface area contributed by atoms with Crippen molar-refractivity contribution in [3.8, 4) is 0 Å². The van der Waals surface area contributed by atoms with E-state index in [0.717, 1.165) is 32.5 Å². The SMILES string of the molecule is CCC(C)CN1C[C@H]2C(=O)NC3(CCN(C(=O)c4cnccn4)CC3)[C@H]2C1. The zero-order valence-electron chi connectivity index (χ0n) is 16.2. The summed E-state index contributed by atoms with van der Waals surface area (Å²) in [5.41, 5.74) is 0.243. The average molecular weight is 371 g/mol. The van der Waals surface area contributed by atoms with E-state index in [9.17, 15) is 9.59 Å². The molecule has 3 aliphatic rings. The fourth-order valence-electron chi connectivity index (χ4n) is 5.04. The Labute approximate surface area is 160 Å². The van der Waals surface area contributed by atoms with Gasteiger partial charge in [-0.2, -0.15) is 0 Å². The monoisotopic (exact) mass is 371 g/mol. The van der Waals surface area contributed by atoms with Crippen LogP contribution in [0.25, 0.3) is 0 Å². The zero-order chi connectivity index (χ0) is 19.0. The van der Waals surface area contributed by atoms with Crippen molar-refractivity contribution >= 4 is 11.8 Å². The number of fused-ring (bicyclic) bond motifs is 2. The third-order valence-electron chi connectivity index (χ3n) is 6.81. The van der Waals surface area contributed by atoms with Crippen molar-refractivity contribution in [3.63, 3.8) is 0 Å². The standard InChI is InChI=1S/C20H29N5O2/c1-3-14(2)11-24-12-15-16(13-24)20(23-18(15)26)4-8-25(9-5-20)19(27)17-10-21-6-7-22-17/h6-7,10,14-16H,3-5,8-9,11-13H2,1-2H3,(H,23,26)/t14?,15-,16+/m1/s1. The molecular weight excluding hydrogens is 342 g/mol. The van der Waals surface area contributed by atoms with Crippen LogP contribution in [0.4, 0.5) is 0 Å². The largest absolute Gasteiger partial charge is 0.350 e. The van der Waals surface area contributed by atoms with Gasteiger partial charge in [0.05, 0.1) is 12.1 Å². The number of carbonyl (C=O) groups is 2. The molecule has 3 fully saturated rings. The summed E-state index contributed by atoms with van der Waals surface area (Å²) < 4.78 is 0. The molecule has 0 saturated carbocycles. The molecule has 1 aromatic rings. The summed E-state index contributed by atoms with van der Waals surface area (Å²) in [7, 11) is 0. The second-order valence-electron chi connectivity index (χ2n) is 8.47. The minimum Gasteiger partial charge on any atom is -0.350 e. The van der Waals surface area contributed by atoms with Crippen molar-refractivity contribution in [2.75, 3.05) is 32.7 Å². The zero-order valence-corrected chi connectivity index (χ0v) is 16.2. The van der Waals surface area contributed by atoms with E-state index in [2.05, 4.69) is 34.0 Å². The van der Waals surface area contributed by atoms with E-state index in [4.69, 9.17) is 0 Å². The number of amides is 2. The lowest BCUT2D eigenvalue weighted by Gasteiger charge is -2.42. The Bertz CT molecular complexity index is 702. The highest BCUT2D eigenvalue weighted by Crippen LogP contribution is 2.44. The van der Waals surface area contributed by atoms with Gasteiger partial charge in [-0.15, -0.1) is 0 Å². The Hall–Kier alpha value is -2.02. The van der Waals surface area contributed by atoms with Crippen LogP contribution in [0.1, 0.15) is 43.6 Å². The maximum absolute atomic E-state index is 12.6. The molecule has 0 bridgehead atoms. The van der Waals surface area contributed by atoms with E-state index in [0.29, 0.717) is 30.6 Å². The fourth-order valence-corrected chi connectivity index (χ4v) is 5.04. The van der Waals surface area contributed by atoms with Gasteiger partial charge in [0.2, 0.25) is 5.91 Å². The molecule has 2 amide bonds. The quantitative estimate of drug-likeness (QED) is 0.860. The molecule has 1 aromatic heterocycles. The Kier molecular flexibility index (Phi) is 4.88. The maximum Gasteiger partial charge on any atom is 0.274 e. The van der Waals surface area contributed by atoms with Gasteiger partial charge in [-0.25, -0.2) is 4.98 Å². The molecule has 3 aliphatic heterocycles. The first-order valence-electron chi connectivity index (χ1n) is 10.1. The number of rotatable bonds is 4. The van der Waals surface area contributed by atoms with Gasteiger partial charge in [-0.3, -0.25) is 14.6 Å². The molecule has 1 spiro atoms. The predicted octanol–water partition coefficient (Wildman–Crippen LogP) is 1.18. The van der Waals surface area contributed by atoms with Crippen molar-refractivity contribution in [3.05, 3.63) is 24.3 Å². The van der Waals surface area contributed by atoms with Gasteiger partial charge in [0.1, 0.15) is 5.69 Å². The summed E-state index contributed by atoms with van der Waals surface area (Å²) in [4.78, 5) is 37.7. The van der Waals surface area contributed by atoms with Gasteiger partial charge < -0.3 is 15.1 Å². The number of piperidine rings is 1. The summed E-state index contributed by atoms with van der Waals surface area (Å²) in [6.07, 6.45) is 7.45. The van der Waals surface area contributed by atoms with Crippen molar-refractivity contribution in [1.29, 1.82) is 0 Å². The van der Waals surface area contributed by atoms with Crippen LogP contribution in [-0.4, -0.2) is 69.8 Å². The number of nitrogens with one attached hydrogen (secondary N) is 1. The van der Waals surface area contributed by atoms with Crippen molar-refractivity contribution < 1.29 is 9.59 Å². The molecule has 4 rings (SSSR count). The highest BCUT2D eigenvalue weighted by molar-refractivity contribution is 5.92. The Morgan fingerprint density at radius 1 is 1.33 bits per heavy atom. The summed E-state index contributed by atoms with van der Waals surface area (Å²) >= 11 is 0. The molecule has 0 aromatic carbocycles. The van der Waals surface area contributed by atoms with Crippen LogP contribution < -0.4 is 5.32 Å². The van der Waals surface area contributed by atoms with Crippen LogP contribution >= 0.6 is 0 Å². The normalized spacial score (nSPS) is 28.2. The third kappa shape index (κ3) is 3.33. The Balaban J connectivity index is 1.42. The van der Waals surface area contributed by atoms with E-state index in [1.54, 1.807) is 12.4 Å². The lowest BCUT2D eigenvalue weighted by atomic mass is 9.75. The van der Waals surface area contributed by atoms with E-state index in [1.807, 2.05) is 4.90 Å². The van der Waals surface area contributed by atoms with Gasteiger partial charge in [0.15, 0.2) is 0 Å². The molecule has 4 heterocycles. The van der Waals surface area contributed by atoms with Gasteiger partial charge >= 0.3 is 0 Å². The van der Waals surface area contributed by atoms with E-state index >= 15 is 0 Å². The van der Waals surface area contributed by atoms with Crippen LogP contribution in [0.3, 0.4) is 0 Å². The predicted molar refractivity (Wildman–Crippen MR) is 101 cm³/mol. The number of hydrogen-bond acceptors (Lipinski definition) is 5. The highest BCUT2D eigenvalue weighted by Gasteiger charge is 2.57. The first-order valence-corrected chi connectivity index (χ1v) is 10.1. The van der Waals surface area contributed by atoms with Crippen molar-refractivity contribution in [2.24, 2.45) is 17.8 Å².